The fourth-order valence-electron chi connectivity index (χ4n) is 0.531. The number of hydrazone groups is 1. The molecule has 0 saturated carbocycles. The van der Waals surface area contributed by atoms with Crippen LogP contribution in [0, 0.1) is 0 Å². The Kier molecular flexibility index (Phi) is 2.44. The quantitative estimate of drug-likeness (QED) is 0.485. The van der Waals surface area contributed by atoms with Gasteiger partial charge in [0, 0.05) is 12.4 Å². The van der Waals surface area contributed by atoms with E-state index in [4.69, 9.17) is 0 Å². The Morgan fingerprint density at radius 1 is 1.75 bits per heavy atom. The molecule has 0 radical (unpaired) electrons. The Labute approximate surface area is 69.8 Å². The van der Waals surface area contributed by atoms with Crippen molar-refractivity contribution in [3.8, 4) is 0 Å². The molecule has 0 fully saturated rings. The van der Waals surface area contributed by atoms with E-state index in [9.17, 15) is 8.42 Å². The predicted molar refractivity (Wildman–Crippen MR) is 44.2 cm³/mol. The Bertz CT molecular complexity index is 353. The van der Waals surface area contributed by atoms with E-state index in [1.165, 1.54) is 6.21 Å². The van der Waals surface area contributed by atoms with E-state index in [0.717, 1.165) is 6.26 Å². The first-order valence-corrected chi connectivity index (χ1v) is 4.96. The Morgan fingerprint density at radius 3 is 3.00 bits per heavy atom. The number of aromatic nitrogens is 2. The van der Waals surface area contributed by atoms with Crippen LogP contribution in [0.1, 0.15) is 5.82 Å². The van der Waals surface area contributed by atoms with E-state index in [1.54, 1.807) is 12.4 Å². The summed E-state index contributed by atoms with van der Waals surface area (Å²) in [6, 6.07) is 0. The molecule has 0 aliphatic rings. The van der Waals surface area contributed by atoms with Gasteiger partial charge in [-0.2, -0.15) is 5.10 Å². The number of hydrogen-bond acceptors (Lipinski definition) is 4. The molecule has 0 bridgehead atoms. The van der Waals surface area contributed by atoms with Crippen LogP contribution in [-0.4, -0.2) is 30.9 Å². The van der Waals surface area contributed by atoms with Crippen molar-refractivity contribution < 1.29 is 8.42 Å². The molecule has 0 amide bonds. The molecule has 1 heterocycles. The molecule has 2 N–H and O–H groups in total. The third-order valence-corrected chi connectivity index (χ3v) is 1.36. The molecule has 1 rings (SSSR count). The summed E-state index contributed by atoms with van der Waals surface area (Å²) in [7, 11) is -3.27. The number of aromatic amines is 1. The number of rotatable bonds is 3. The third-order valence-electron chi connectivity index (χ3n) is 0.925. The molecule has 0 aliphatic carbocycles. The van der Waals surface area contributed by atoms with Crippen LogP contribution < -0.4 is 4.83 Å². The third kappa shape index (κ3) is 3.15. The SMILES string of the molecule is CS(=O)(=O)N/N=C/c1ncc[nH]1. The first-order chi connectivity index (χ1) is 5.58. The summed E-state index contributed by atoms with van der Waals surface area (Å²) in [6.07, 6.45) is 5.46. The lowest BCUT2D eigenvalue weighted by Gasteiger charge is -1.91. The number of imidazole rings is 1. The Balaban J connectivity index is 2.54. The van der Waals surface area contributed by atoms with E-state index in [1.807, 2.05) is 4.83 Å². The van der Waals surface area contributed by atoms with Gasteiger partial charge in [0.05, 0.1) is 12.5 Å². The normalized spacial score (nSPS) is 12.1. The molecule has 0 unspecified atom stereocenters. The zero-order valence-corrected chi connectivity index (χ0v) is 7.17. The van der Waals surface area contributed by atoms with E-state index in [2.05, 4.69) is 15.1 Å². The van der Waals surface area contributed by atoms with Crippen LogP contribution in [0.25, 0.3) is 0 Å². The van der Waals surface area contributed by atoms with E-state index in [0.29, 0.717) is 5.82 Å². The summed E-state index contributed by atoms with van der Waals surface area (Å²) < 4.78 is 21.0. The molecular formula is C5H8N4O2S. The molecule has 7 heteroatoms. The highest BCUT2D eigenvalue weighted by Gasteiger charge is 1.94. The van der Waals surface area contributed by atoms with Crippen LogP contribution in [-0.2, 0) is 10.0 Å². The van der Waals surface area contributed by atoms with Crippen molar-refractivity contribution in [1.82, 2.24) is 14.8 Å². The molecule has 1 aromatic heterocycles. The van der Waals surface area contributed by atoms with Gasteiger partial charge in [-0.15, -0.1) is 0 Å². The molecule has 6 nitrogen and oxygen atoms in total. The summed E-state index contributed by atoms with van der Waals surface area (Å²) in [6.45, 7) is 0. The van der Waals surface area contributed by atoms with Gasteiger partial charge in [0.25, 0.3) is 0 Å². The van der Waals surface area contributed by atoms with Gasteiger partial charge in [0.15, 0.2) is 0 Å². The Morgan fingerprint density at radius 2 is 2.50 bits per heavy atom. The van der Waals surface area contributed by atoms with Gasteiger partial charge < -0.3 is 4.98 Å². The second kappa shape index (κ2) is 3.35. The number of H-pyrrole nitrogens is 1. The van der Waals surface area contributed by atoms with Gasteiger partial charge in [-0.05, 0) is 0 Å². The molecule has 1 aromatic rings. The molecule has 0 atom stereocenters. The van der Waals surface area contributed by atoms with E-state index in [-0.39, 0.29) is 0 Å². The largest absolute Gasteiger partial charge is 0.344 e. The molecule has 66 valence electrons. The van der Waals surface area contributed by atoms with Crippen molar-refractivity contribution in [2.75, 3.05) is 6.26 Å². The van der Waals surface area contributed by atoms with Crippen molar-refractivity contribution in [2.45, 2.75) is 0 Å². The summed E-state index contributed by atoms with van der Waals surface area (Å²) in [4.78, 5) is 8.47. The average molecular weight is 188 g/mol. The minimum Gasteiger partial charge on any atom is -0.344 e. The number of hydrogen-bond donors (Lipinski definition) is 2. The maximum atomic E-state index is 10.5. The molecular weight excluding hydrogens is 180 g/mol. The molecule has 0 spiro atoms. The second-order valence-electron chi connectivity index (χ2n) is 2.10. The van der Waals surface area contributed by atoms with Crippen molar-refractivity contribution in [2.24, 2.45) is 5.10 Å². The van der Waals surface area contributed by atoms with Gasteiger partial charge >= 0.3 is 0 Å². The van der Waals surface area contributed by atoms with Crippen molar-refractivity contribution >= 4 is 16.2 Å². The number of nitrogens with one attached hydrogen (secondary N) is 2. The highest BCUT2D eigenvalue weighted by Crippen LogP contribution is 1.81. The van der Waals surface area contributed by atoms with Crippen LogP contribution in [0.4, 0.5) is 0 Å². The maximum absolute atomic E-state index is 10.5. The minimum absolute atomic E-state index is 0.492. The predicted octanol–water partition coefficient (Wildman–Crippen LogP) is -0.707. The first-order valence-electron chi connectivity index (χ1n) is 3.07. The lowest BCUT2D eigenvalue weighted by molar-refractivity contribution is 0.591. The first kappa shape index (κ1) is 8.72. The van der Waals surface area contributed by atoms with E-state index >= 15 is 0 Å². The van der Waals surface area contributed by atoms with Crippen LogP contribution >= 0.6 is 0 Å². The Hall–Kier alpha value is -1.37. The van der Waals surface area contributed by atoms with Gasteiger partial charge in [0.1, 0.15) is 5.82 Å². The summed E-state index contributed by atoms with van der Waals surface area (Å²) >= 11 is 0. The summed E-state index contributed by atoms with van der Waals surface area (Å²) in [5, 5.41) is 3.43. The number of nitrogens with zero attached hydrogens (tertiary/aromatic N) is 2. The lowest BCUT2D eigenvalue weighted by Crippen LogP contribution is -2.15. The standard InChI is InChI=1S/C5H8N4O2S/c1-12(10,11)9-8-4-5-6-2-3-7-5/h2-4,9H,1H3,(H,6,7)/b8-4+. The lowest BCUT2D eigenvalue weighted by atomic mass is 10.7. The second-order valence-corrected chi connectivity index (χ2v) is 3.82. The van der Waals surface area contributed by atoms with Crippen molar-refractivity contribution in [3.05, 3.63) is 18.2 Å². The highest BCUT2D eigenvalue weighted by atomic mass is 32.2. The van der Waals surface area contributed by atoms with Gasteiger partial charge in [-0.25, -0.2) is 18.2 Å². The van der Waals surface area contributed by atoms with Crippen molar-refractivity contribution in [3.63, 3.8) is 0 Å². The zero-order chi connectivity index (χ0) is 9.03. The van der Waals surface area contributed by atoms with E-state index < -0.39 is 10.0 Å². The van der Waals surface area contributed by atoms with Crippen LogP contribution in [0.3, 0.4) is 0 Å². The van der Waals surface area contributed by atoms with Gasteiger partial charge in [-0.1, -0.05) is 0 Å². The number of sulfonamides is 1. The fraction of sp³-hybridized carbons (Fsp3) is 0.200. The zero-order valence-electron chi connectivity index (χ0n) is 6.35. The van der Waals surface area contributed by atoms with Gasteiger partial charge in [-0.3, -0.25) is 0 Å². The van der Waals surface area contributed by atoms with Crippen LogP contribution in [0.2, 0.25) is 0 Å². The molecule has 0 aliphatic heterocycles. The molecule has 0 saturated heterocycles. The minimum atomic E-state index is -3.27. The average Bonchev–Trinajstić information content (AvgIpc) is 2.36. The molecule has 0 aromatic carbocycles. The fourth-order valence-corrected chi connectivity index (χ4v) is 0.775. The van der Waals surface area contributed by atoms with Crippen molar-refractivity contribution in [1.29, 1.82) is 0 Å². The van der Waals surface area contributed by atoms with Gasteiger partial charge in [0.2, 0.25) is 10.0 Å². The highest BCUT2D eigenvalue weighted by molar-refractivity contribution is 7.88. The summed E-state index contributed by atoms with van der Waals surface area (Å²) in [5.74, 6) is 0.492. The van der Waals surface area contributed by atoms with Crippen LogP contribution in [0.15, 0.2) is 17.5 Å². The smallest absolute Gasteiger partial charge is 0.244 e. The molecule has 12 heavy (non-hydrogen) atoms. The maximum Gasteiger partial charge on any atom is 0.244 e. The van der Waals surface area contributed by atoms with Crippen LogP contribution in [0.5, 0.6) is 0 Å². The summed E-state index contributed by atoms with van der Waals surface area (Å²) in [5.41, 5.74) is 0. The topological polar surface area (TPSA) is 87.2 Å². The monoisotopic (exact) mass is 188 g/mol.